The van der Waals surface area contributed by atoms with Crippen LogP contribution in [0.25, 0.3) is 0 Å². The molecule has 4 nitrogen and oxygen atoms in total. The first-order chi connectivity index (χ1) is 10.7. The largest absolute Gasteiger partial charge is 0.394 e. The van der Waals surface area contributed by atoms with Crippen LogP contribution in [0.4, 0.5) is 5.69 Å². The van der Waals surface area contributed by atoms with E-state index in [0.29, 0.717) is 5.90 Å². The first-order valence-electron chi connectivity index (χ1n) is 8.43. The zero-order valence-electron chi connectivity index (χ0n) is 14.1. The maximum absolute atomic E-state index is 5.59. The molecule has 1 heterocycles. The molecule has 0 amide bonds. The smallest absolute Gasteiger partial charge is 0.231 e. The summed E-state index contributed by atoms with van der Waals surface area (Å²) in [6.07, 6.45) is 5.95. The van der Waals surface area contributed by atoms with Crippen LogP contribution in [0.1, 0.15) is 50.2 Å². The molecule has 1 aromatic carbocycles. The molecule has 1 saturated heterocycles. The predicted octanol–water partition coefficient (Wildman–Crippen LogP) is 3.88. The molecule has 0 aliphatic carbocycles. The number of hydrogen-bond donors (Lipinski definition) is 1. The highest BCUT2D eigenvalue weighted by atomic mass is 16.6. The normalized spacial score (nSPS) is 20.2. The maximum Gasteiger partial charge on any atom is 0.231 e. The van der Waals surface area contributed by atoms with Gasteiger partial charge in [0, 0.05) is 0 Å². The first-order valence-corrected chi connectivity index (χ1v) is 8.43. The van der Waals surface area contributed by atoms with Gasteiger partial charge in [-0.1, -0.05) is 38.0 Å². The van der Waals surface area contributed by atoms with Crippen LogP contribution in [0.5, 0.6) is 0 Å². The third kappa shape index (κ3) is 4.08. The number of hydrogen-bond acceptors (Lipinski definition) is 4. The van der Waals surface area contributed by atoms with Gasteiger partial charge in [-0.05, 0) is 57.3 Å². The Morgan fingerprint density at radius 1 is 1.32 bits per heavy atom. The Morgan fingerprint density at radius 3 is 2.68 bits per heavy atom. The van der Waals surface area contributed by atoms with Crippen molar-refractivity contribution in [3.05, 3.63) is 29.3 Å². The lowest BCUT2D eigenvalue weighted by Crippen LogP contribution is -2.46. The number of nitrogens with zero attached hydrogens (tertiary/aromatic N) is 2. The van der Waals surface area contributed by atoms with E-state index in [1.54, 1.807) is 0 Å². The van der Waals surface area contributed by atoms with Crippen molar-refractivity contribution in [3.8, 4) is 0 Å². The number of rotatable bonds is 5. The van der Waals surface area contributed by atoms with Crippen LogP contribution in [-0.4, -0.2) is 29.9 Å². The summed E-state index contributed by atoms with van der Waals surface area (Å²) in [5, 5.41) is 0. The van der Waals surface area contributed by atoms with Crippen molar-refractivity contribution >= 4 is 11.6 Å². The maximum atomic E-state index is 5.59. The summed E-state index contributed by atoms with van der Waals surface area (Å²) in [6, 6.07) is 6.43. The number of aliphatic imine (C=N–C) groups is 1. The molecule has 2 rings (SSSR count). The third-order valence-electron chi connectivity index (χ3n) is 4.48. The Labute approximate surface area is 134 Å². The van der Waals surface area contributed by atoms with Gasteiger partial charge in [-0.15, -0.1) is 0 Å². The highest BCUT2D eigenvalue weighted by molar-refractivity contribution is 5.85. The van der Waals surface area contributed by atoms with Crippen LogP contribution in [-0.2, 0) is 4.84 Å². The van der Waals surface area contributed by atoms with Crippen LogP contribution < -0.4 is 5.90 Å². The number of nitrogens with two attached hydrogens (primary N) is 1. The third-order valence-corrected chi connectivity index (χ3v) is 4.48. The number of benzene rings is 1. The number of piperidine rings is 1. The number of unbranched alkanes of at least 4 members (excludes halogenated alkanes) is 1. The molecular weight excluding hydrogens is 274 g/mol. The molecule has 1 aromatic rings. The molecule has 1 fully saturated rings. The molecule has 0 radical (unpaired) electrons. The van der Waals surface area contributed by atoms with E-state index < -0.39 is 0 Å². The van der Waals surface area contributed by atoms with Gasteiger partial charge < -0.3 is 4.84 Å². The van der Waals surface area contributed by atoms with Crippen LogP contribution in [0.3, 0.4) is 0 Å². The van der Waals surface area contributed by atoms with E-state index in [-0.39, 0.29) is 6.04 Å². The molecule has 4 heteroatoms. The molecule has 2 N–H and O–H groups in total. The molecule has 1 unspecified atom stereocenters. The van der Waals surface area contributed by atoms with Crippen molar-refractivity contribution in [2.24, 2.45) is 10.9 Å². The SMILES string of the molecule is CCCCN1CCCCC1C(=Nc1c(C)cccc1C)ON. The minimum Gasteiger partial charge on any atom is -0.394 e. The topological polar surface area (TPSA) is 50.8 Å². The van der Waals surface area contributed by atoms with Crippen molar-refractivity contribution in [2.45, 2.75) is 58.9 Å². The first kappa shape index (κ1) is 17.0. The van der Waals surface area contributed by atoms with Crippen molar-refractivity contribution in [1.29, 1.82) is 0 Å². The molecule has 0 aromatic heterocycles. The number of likely N-dealkylation sites (tertiary alicyclic amines) is 1. The molecular formula is C18H29N3O. The predicted molar refractivity (Wildman–Crippen MR) is 92.4 cm³/mol. The Morgan fingerprint density at radius 2 is 2.05 bits per heavy atom. The van der Waals surface area contributed by atoms with Gasteiger partial charge in [0.25, 0.3) is 0 Å². The van der Waals surface area contributed by atoms with E-state index in [9.17, 15) is 0 Å². The van der Waals surface area contributed by atoms with Gasteiger partial charge in [-0.2, -0.15) is 5.90 Å². The standard InChI is InChI=1S/C18H29N3O/c1-4-5-12-21-13-7-6-11-16(21)18(22-19)20-17-14(2)9-8-10-15(17)3/h8-10,16H,4-7,11-13,19H2,1-3H3. The second-order valence-corrected chi connectivity index (χ2v) is 6.21. The van der Waals surface area contributed by atoms with E-state index >= 15 is 0 Å². The zero-order valence-corrected chi connectivity index (χ0v) is 14.1. The summed E-state index contributed by atoms with van der Waals surface area (Å²) in [5.41, 5.74) is 3.31. The van der Waals surface area contributed by atoms with Gasteiger partial charge in [0.05, 0.1) is 11.7 Å². The van der Waals surface area contributed by atoms with Crippen LogP contribution >= 0.6 is 0 Å². The van der Waals surface area contributed by atoms with Crippen molar-refractivity contribution in [2.75, 3.05) is 13.1 Å². The van der Waals surface area contributed by atoms with E-state index in [4.69, 9.17) is 15.7 Å². The fourth-order valence-electron chi connectivity index (χ4n) is 3.17. The highest BCUT2D eigenvalue weighted by Gasteiger charge is 2.28. The minimum absolute atomic E-state index is 0.212. The summed E-state index contributed by atoms with van der Waals surface area (Å²) in [4.78, 5) is 12.5. The average molecular weight is 303 g/mol. The lowest BCUT2D eigenvalue weighted by atomic mass is 10.0. The second kappa shape index (κ2) is 8.30. The van der Waals surface area contributed by atoms with Crippen molar-refractivity contribution < 1.29 is 4.84 Å². The Balaban J connectivity index is 2.26. The second-order valence-electron chi connectivity index (χ2n) is 6.21. The fraction of sp³-hybridized carbons (Fsp3) is 0.611. The summed E-state index contributed by atoms with van der Waals surface area (Å²) in [7, 11) is 0. The van der Waals surface area contributed by atoms with E-state index in [1.165, 1.54) is 25.7 Å². The molecule has 22 heavy (non-hydrogen) atoms. The molecule has 0 bridgehead atoms. The van der Waals surface area contributed by atoms with Gasteiger partial charge in [0.15, 0.2) is 0 Å². The van der Waals surface area contributed by atoms with Gasteiger partial charge >= 0.3 is 0 Å². The van der Waals surface area contributed by atoms with E-state index in [0.717, 1.165) is 36.3 Å². The molecule has 1 aliphatic rings. The zero-order chi connectivity index (χ0) is 15.9. The minimum atomic E-state index is 0.212. The quantitative estimate of drug-likeness (QED) is 0.510. The lowest BCUT2D eigenvalue weighted by molar-refractivity contribution is 0.159. The van der Waals surface area contributed by atoms with Gasteiger partial charge in [0.1, 0.15) is 0 Å². The van der Waals surface area contributed by atoms with Gasteiger partial charge in [-0.25, -0.2) is 4.99 Å². The van der Waals surface area contributed by atoms with Crippen molar-refractivity contribution in [3.63, 3.8) is 0 Å². The summed E-state index contributed by atoms with van der Waals surface area (Å²) >= 11 is 0. The summed E-state index contributed by atoms with van der Waals surface area (Å²) in [5.74, 6) is 6.25. The Kier molecular flexibility index (Phi) is 6.40. The van der Waals surface area contributed by atoms with Gasteiger partial charge in [-0.3, -0.25) is 4.90 Å². The fourth-order valence-corrected chi connectivity index (χ4v) is 3.17. The molecule has 0 spiro atoms. The van der Waals surface area contributed by atoms with Crippen LogP contribution in [0.2, 0.25) is 0 Å². The monoisotopic (exact) mass is 303 g/mol. The van der Waals surface area contributed by atoms with Crippen LogP contribution in [0.15, 0.2) is 23.2 Å². The molecule has 122 valence electrons. The number of para-hydroxylation sites is 1. The Bertz CT molecular complexity index is 493. The molecule has 0 saturated carbocycles. The Hall–Kier alpha value is -1.39. The van der Waals surface area contributed by atoms with Crippen molar-refractivity contribution in [1.82, 2.24) is 4.90 Å². The molecule has 1 aliphatic heterocycles. The summed E-state index contributed by atoms with van der Waals surface area (Å²) in [6.45, 7) is 8.59. The lowest BCUT2D eigenvalue weighted by Gasteiger charge is -2.35. The van der Waals surface area contributed by atoms with E-state index in [1.807, 2.05) is 0 Å². The average Bonchev–Trinajstić information content (AvgIpc) is 2.53. The number of aryl methyl sites for hydroxylation is 2. The summed E-state index contributed by atoms with van der Waals surface area (Å²) < 4.78 is 0. The molecule has 1 atom stereocenters. The van der Waals surface area contributed by atoms with Crippen LogP contribution in [0, 0.1) is 13.8 Å². The highest BCUT2D eigenvalue weighted by Crippen LogP contribution is 2.26. The van der Waals surface area contributed by atoms with E-state index in [2.05, 4.69) is 43.9 Å². The van der Waals surface area contributed by atoms with Gasteiger partial charge in [0.2, 0.25) is 5.90 Å².